The van der Waals surface area contributed by atoms with Gasteiger partial charge in [-0.3, -0.25) is 0 Å². The highest BCUT2D eigenvalue weighted by Crippen LogP contribution is 2.28. The molecule has 0 aliphatic carbocycles. The number of aliphatic hydroxyl groups excluding tert-OH is 1. The molecule has 1 aromatic carbocycles. The monoisotopic (exact) mass is 268 g/mol. The van der Waals surface area contributed by atoms with Crippen LogP contribution in [0.1, 0.15) is 11.1 Å². The zero-order valence-corrected chi connectivity index (χ0v) is 12.1. The molecule has 5 heteroatoms. The smallest absolute Gasteiger partial charge is 0.123 e. The lowest BCUT2D eigenvalue weighted by atomic mass is 10.1. The molecule has 1 aromatic rings. The number of benzene rings is 1. The number of hydrogen-bond donors (Lipinski definition) is 2. The predicted octanol–water partition coefficient (Wildman–Crippen LogP) is 0.764. The highest BCUT2D eigenvalue weighted by molar-refractivity contribution is 5.45. The van der Waals surface area contributed by atoms with E-state index in [1.165, 1.54) is 0 Å². The van der Waals surface area contributed by atoms with Crippen LogP contribution in [0.2, 0.25) is 0 Å². The minimum atomic E-state index is -0.233. The van der Waals surface area contributed by atoms with E-state index in [-0.39, 0.29) is 12.6 Å². The molecule has 3 N–H and O–H groups in total. The highest BCUT2D eigenvalue weighted by Gasteiger charge is 2.12. The third kappa shape index (κ3) is 4.38. The van der Waals surface area contributed by atoms with Gasteiger partial charge in [-0.1, -0.05) is 0 Å². The molecule has 0 bridgehead atoms. The Morgan fingerprint density at radius 2 is 1.89 bits per heavy atom. The van der Waals surface area contributed by atoms with Crippen LogP contribution in [0.3, 0.4) is 0 Å². The molecule has 108 valence electrons. The van der Waals surface area contributed by atoms with Gasteiger partial charge in [0.25, 0.3) is 0 Å². The predicted molar refractivity (Wildman–Crippen MR) is 75.7 cm³/mol. The van der Waals surface area contributed by atoms with Crippen molar-refractivity contribution in [3.8, 4) is 11.5 Å². The number of nitrogens with two attached hydrogens (primary N) is 1. The fourth-order valence-corrected chi connectivity index (χ4v) is 2.05. The largest absolute Gasteiger partial charge is 0.496 e. The molecular formula is C14H24N2O3. The molecule has 1 rings (SSSR count). The number of ether oxygens (including phenoxy) is 2. The van der Waals surface area contributed by atoms with Crippen molar-refractivity contribution in [3.05, 3.63) is 23.3 Å². The third-order valence-electron chi connectivity index (χ3n) is 3.02. The van der Waals surface area contributed by atoms with Crippen molar-refractivity contribution in [1.29, 1.82) is 0 Å². The first-order valence-electron chi connectivity index (χ1n) is 6.28. The quantitative estimate of drug-likeness (QED) is 0.764. The Morgan fingerprint density at radius 3 is 2.42 bits per heavy atom. The first-order valence-corrected chi connectivity index (χ1v) is 6.28. The van der Waals surface area contributed by atoms with Crippen LogP contribution in [-0.4, -0.2) is 50.5 Å². The van der Waals surface area contributed by atoms with Crippen molar-refractivity contribution in [2.24, 2.45) is 5.73 Å². The summed E-state index contributed by atoms with van der Waals surface area (Å²) in [4.78, 5) is 2.05. The van der Waals surface area contributed by atoms with Crippen LogP contribution in [-0.2, 0) is 6.54 Å². The lowest BCUT2D eigenvalue weighted by molar-refractivity contribution is 0.217. The van der Waals surface area contributed by atoms with Gasteiger partial charge < -0.3 is 25.2 Å². The average molecular weight is 268 g/mol. The van der Waals surface area contributed by atoms with Crippen LogP contribution in [0.25, 0.3) is 0 Å². The number of likely N-dealkylation sites (N-methyl/N-ethyl adjacent to an activating group) is 1. The molecule has 19 heavy (non-hydrogen) atoms. The Hall–Kier alpha value is -1.30. The van der Waals surface area contributed by atoms with Gasteiger partial charge in [-0.2, -0.15) is 0 Å². The summed E-state index contributed by atoms with van der Waals surface area (Å²) in [6.45, 7) is 3.28. The van der Waals surface area contributed by atoms with Gasteiger partial charge in [0.05, 0.1) is 20.8 Å². The van der Waals surface area contributed by atoms with E-state index in [1.54, 1.807) is 14.2 Å². The molecule has 0 aliphatic heterocycles. The Balaban J connectivity index is 2.86. The van der Waals surface area contributed by atoms with Gasteiger partial charge in [0.1, 0.15) is 11.5 Å². The maximum Gasteiger partial charge on any atom is 0.123 e. The molecule has 1 atom stereocenters. The van der Waals surface area contributed by atoms with E-state index in [9.17, 15) is 0 Å². The maximum atomic E-state index is 8.97. The Labute approximate surface area is 114 Å². The topological polar surface area (TPSA) is 68.0 Å². The SMILES string of the molecule is COc1cc(CN(C)CC(N)CO)c(OC)cc1C. The van der Waals surface area contributed by atoms with Crippen molar-refractivity contribution in [1.82, 2.24) is 4.90 Å². The number of methoxy groups -OCH3 is 2. The second-order valence-electron chi connectivity index (χ2n) is 4.77. The summed E-state index contributed by atoms with van der Waals surface area (Å²) >= 11 is 0. The van der Waals surface area contributed by atoms with Gasteiger partial charge in [-0.25, -0.2) is 0 Å². The van der Waals surface area contributed by atoms with E-state index in [0.29, 0.717) is 13.1 Å². The van der Waals surface area contributed by atoms with Gasteiger partial charge in [0.15, 0.2) is 0 Å². The lowest BCUT2D eigenvalue weighted by Crippen LogP contribution is -2.37. The van der Waals surface area contributed by atoms with Crippen LogP contribution in [0.4, 0.5) is 0 Å². The molecule has 0 radical (unpaired) electrons. The van der Waals surface area contributed by atoms with Crippen molar-refractivity contribution in [3.63, 3.8) is 0 Å². The number of hydrogen-bond acceptors (Lipinski definition) is 5. The molecule has 0 saturated heterocycles. The summed E-state index contributed by atoms with van der Waals surface area (Å²) in [6, 6.07) is 3.71. The highest BCUT2D eigenvalue weighted by atomic mass is 16.5. The van der Waals surface area contributed by atoms with Crippen molar-refractivity contribution >= 4 is 0 Å². The minimum absolute atomic E-state index is 0.0152. The Morgan fingerprint density at radius 1 is 1.26 bits per heavy atom. The van der Waals surface area contributed by atoms with Crippen molar-refractivity contribution < 1.29 is 14.6 Å². The van der Waals surface area contributed by atoms with E-state index in [0.717, 1.165) is 22.6 Å². The summed E-state index contributed by atoms with van der Waals surface area (Å²) in [5.41, 5.74) is 7.81. The molecule has 0 fully saturated rings. The molecule has 5 nitrogen and oxygen atoms in total. The second-order valence-corrected chi connectivity index (χ2v) is 4.77. The molecule has 0 saturated carbocycles. The molecule has 0 amide bonds. The van der Waals surface area contributed by atoms with Gasteiger partial charge in [0, 0.05) is 24.7 Å². The van der Waals surface area contributed by atoms with E-state index in [4.69, 9.17) is 20.3 Å². The Bertz CT molecular complexity index is 410. The Kier molecular flexibility index (Phi) is 6.08. The summed E-state index contributed by atoms with van der Waals surface area (Å²) in [5, 5.41) is 8.97. The van der Waals surface area contributed by atoms with Crippen LogP contribution < -0.4 is 15.2 Å². The summed E-state index contributed by atoms with van der Waals surface area (Å²) in [5.74, 6) is 1.68. The second kappa shape index (κ2) is 7.33. The summed E-state index contributed by atoms with van der Waals surface area (Å²) in [6.07, 6.45) is 0. The normalized spacial score (nSPS) is 12.6. The average Bonchev–Trinajstić information content (AvgIpc) is 2.39. The van der Waals surface area contributed by atoms with Gasteiger partial charge in [0.2, 0.25) is 0 Å². The van der Waals surface area contributed by atoms with E-state index in [1.807, 2.05) is 31.0 Å². The van der Waals surface area contributed by atoms with Crippen molar-refractivity contribution in [2.75, 3.05) is 34.4 Å². The third-order valence-corrected chi connectivity index (χ3v) is 3.02. The maximum absolute atomic E-state index is 8.97. The minimum Gasteiger partial charge on any atom is -0.496 e. The zero-order chi connectivity index (χ0) is 14.4. The van der Waals surface area contributed by atoms with Crippen LogP contribution in [0.15, 0.2) is 12.1 Å². The van der Waals surface area contributed by atoms with Crippen LogP contribution in [0, 0.1) is 6.92 Å². The molecule has 0 aromatic heterocycles. The number of rotatable bonds is 7. The van der Waals surface area contributed by atoms with Crippen LogP contribution >= 0.6 is 0 Å². The van der Waals surface area contributed by atoms with Gasteiger partial charge in [-0.15, -0.1) is 0 Å². The zero-order valence-electron chi connectivity index (χ0n) is 12.1. The fraction of sp³-hybridized carbons (Fsp3) is 0.571. The van der Waals surface area contributed by atoms with Gasteiger partial charge >= 0.3 is 0 Å². The molecule has 1 unspecified atom stereocenters. The van der Waals surface area contributed by atoms with E-state index in [2.05, 4.69) is 0 Å². The summed E-state index contributed by atoms with van der Waals surface area (Å²) in [7, 11) is 5.27. The number of nitrogens with zero attached hydrogens (tertiary/aromatic N) is 1. The number of aliphatic hydroxyl groups is 1. The molecular weight excluding hydrogens is 244 g/mol. The first kappa shape index (κ1) is 15.8. The van der Waals surface area contributed by atoms with Crippen LogP contribution in [0.5, 0.6) is 11.5 Å². The molecule has 0 spiro atoms. The fourth-order valence-electron chi connectivity index (χ4n) is 2.05. The van der Waals surface area contributed by atoms with E-state index >= 15 is 0 Å². The molecule has 0 aliphatic rings. The standard InChI is InChI=1S/C14H24N2O3/c1-10-5-14(19-4)11(6-13(10)18-3)7-16(2)8-12(15)9-17/h5-6,12,17H,7-9,15H2,1-4H3. The lowest BCUT2D eigenvalue weighted by Gasteiger charge is -2.22. The summed E-state index contributed by atoms with van der Waals surface area (Å²) < 4.78 is 10.7. The van der Waals surface area contributed by atoms with Gasteiger partial charge in [-0.05, 0) is 31.7 Å². The van der Waals surface area contributed by atoms with E-state index < -0.39 is 0 Å². The first-order chi connectivity index (χ1) is 9.01. The number of aryl methyl sites for hydroxylation is 1. The molecule has 0 heterocycles. The van der Waals surface area contributed by atoms with Crippen molar-refractivity contribution in [2.45, 2.75) is 19.5 Å².